The van der Waals surface area contributed by atoms with Crippen LogP contribution in [0.5, 0.6) is 0 Å². The van der Waals surface area contributed by atoms with E-state index in [1.165, 1.54) is 6.07 Å². The first kappa shape index (κ1) is 11.1. The van der Waals surface area contributed by atoms with E-state index >= 15 is 0 Å². The minimum atomic E-state index is -0.504. The van der Waals surface area contributed by atoms with E-state index in [0.29, 0.717) is 11.8 Å². The predicted octanol–water partition coefficient (Wildman–Crippen LogP) is 3.81. The standard InChI is InChI=1S/C14H15FO/c1-2-5-14(16)12-8-9-13(15)11-7-4-3-6-10(11)12/h3-4,6-9,14,16H,2,5H2,1H3. The monoisotopic (exact) mass is 218 g/mol. The van der Waals surface area contributed by atoms with Crippen molar-refractivity contribution in [1.29, 1.82) is 0 Å². The lowest BCUT2D eigenvalue weighted by Gasteiger charge is -2.13. The summed E-state index contributed by atoms with van der Waals surface area (Å²) in [6.07, 6.45) is 1.11. The average Bonchev–Trinajstić information content (AvgIpc) is 2.30. The van der Waals surface area contributed by atoms with Crippen LogP contribution in [0.25, 0.3) is 10.8 Å². The van der Waals surface area contributed by atoms with Gasteiger partial charge in [-0.05, 0) is 23.4 Å². The Hall–Kier alpha value is -1.41. The molecule has 0 amide bonds. The maximum atomic E-state index is 13.5. The van der Waals surface area contributed by atoms with Gasteiger partial charge in [0.15, 0.2) is 0 Å². The molecule has 1 nitrogen and oxygen atoms in total. The van der Waals surface area contributed by atoms with Gasteiger partial charge in [0.05, 0.1) is 6.10 Å². The lowest BCUT2D eigenvalue weighted by Crippen LogP contribution is -1.98. The molecule has 2 heteroatoms. The van der Waals surface area contributed by atoms with Crippen molar-refractivity contribution in [2.24, 2.45) is 0 Å². The molecule has 2 rings (SSSR count). The molecule has 0 saturated carbocycles. The second-order valence-corrected chi connectivity index (χ2v) is 3.99. The molecule has 16 heavy (non-hydrogen) atoms. The number of hydrogen-bond acceptors (Lipinski definition) is 1. The second-order valence-electron chi connectivity index (χ2n) is 3.99. The zero-order valence-corrected chi connectivity index (χ0v) is 9.28. The summed E-state index contributed by atoms with van der Waals surface area (Å²) in [7, 11) is 0. The Morgan fingerprint density at radius 3 is 2.50 bits per heavy atom. The number of rotatable bonds is 3. The van der Waals surface area contributed by atoms with Gasteiger partial charge in [-0.1, -0.05) is 43.7 Å². The fourth-order valence-electron chi connectivity index (χ4n) is 2.01. The van der Waals surface area contributed by atoms with E-state index < -0.39 is 6.10 Å². The molecular formula is C14H15FO. The van der Waals surface area contributed by atoms with Gasteiger partial charge in [-0.3, -0.25) is 0 Å². The zero-order valence-electron chi connectivity index (χ0n) is 9.28. The number of fused-ring (bicyclic) bond motifs is 1. The number of aliphatic hydroxyl groups is 1. The molecule has 0 fully saturated rings. The Kier molecular flexibility index (Phi) is 3.20. The van der Waals surface area contributed by atoms with Gasteiger partial charge in [-0.25, -0.2) is 4.39 Å². The molecule has 0 bridgehead atoms. The molecule has 84 valence electrons. The van der Waals surface area contributed by atoms with Crippen molar-refractivity contribution in [3.63, 3.8) is 0 Å². The molecule has 2 aromatic rings. The van der Waals surface area contributed by atoms with Crippen molar-refractivity contribution in [3.8, 4) is 0 Å². The molecule has 0 aliphatic heterocycles. The van der Waals surface area contributed by atoms with Gasteiger partial charge in [0.25, 0.3) is 0 Å². The van der Waals surface area contributed by atoms with Gasteiger partial charge < -0.3 is 5.11 Å². The Bertz CT molecular complexity index is 493. The molecule has 2 aromatic carbocycles. The fraction of sp³-hybridized carbons (Fsp3) is 0.286. The number of aliphatic hydroxyl groups excluding tert-OH is 1. The van der Waals surface area contributed by atoms with Gasteiger partial charge >= 0.3 is 0 Å². The average molecular weight is 218 g/mol. The van der Waals surface area contributed by atoms with E-state index in [1.807, 2.05) is 19.1 Å². The van der Waals surface area contributed by atoms with Crippen LogP contribution in [0, 0.1) is 5.82 Å². The van der Waals surface area contributed by atoms with Crippen LogP contribution in [0.3, 0.4) is 0 Å². The van der Waals surface area contributed by atoms with Crippen molar-refractivity contribution < 1.29 is 9.50 Å². The predicted molar refractivity (Wildman–Crippen MR) is 63.8 cm³/mol. The van der Waals surface area contributed by atoms with Gasteiger partial charge in [0.2, 0.25) is 0 Å². The first-order chi connectivity index (χ1) is 7.74. The summed E-state index contributed by atoms with van der Waals surface area (Å²) in [6.45, 7) is 2.02. The van der Waals surface area contributed by atoms with Crippen LogP contribution in [0.1, 0.15) is 31.4 Å². The third kappa shape index (κ3) is 1.93. The molecule has 0 heterocycles. The Labute approximate surface area is 94.5 Å². The summed E-state index contributed by atoms with van der Waals surface area (Å²) in [4.78, 5) is 0. The maximum Gasteiger partial charge on any atom is 0.131 e. The van der Waals surface area contributed by atoms with Crippen LogP contribution in [0.15, 0.2) is 36.4 Å². The molecule has 1 unspecified atom stereocenters. The van der Waals surface area contributed by atoms with Crippen molar-refractivity contribution in [2.75, 3.05) is 0 Å². The molecular weight excluding hydrogens is 203 g/mol. The second kappa shape index (κ2) is 4.62. The highest BCUT2D eigenvalue weighted by molar-refractivity contribution is 5.86. The third-order valence-corrected chi connectivity index (χ3v) is 2.83. The van der Waals surface area contributed by atoms with E-state index in [0.717, 1.165) is 17.4 Å². The van der Waals surface area contributed by atoms with Gasteiger partial charge in [0.1, 0.15) is 5.82 Å². The Morgan fingerprint density at radius 1 is 1.12 bits per heavy atom. The zero-order chi connectivity index (χ0) is 11.5. The maximum absolute atomic E-state index is 13.5. The summed E-state index contributed by atoms with van der Waals surface area (Å²) in [6, 6.07) is 10.4. The normalized spacial score (nSPS) is 12.9. The highest BCUT2D eigenvalue weighted by Gasteiger charge is 2.11. The Balaban J connectivity index is 2.58. The van der Waals surface area contributed by atoms with Crippen LogP contribution < -0.4 is 0 Å². The molecule has 0 radical (unpaired) electrons. The minimum absolute atomic E-state index is 0.233. The third-order valence-electron chi connectivity index (χ3n) is 2.83. The number of hydrogen-bond donors (Lipinski definition) is 1. The van der Waals surface area contributed by atoms with Crippen LogP contribution >= 0.6 is 0 Å². The smallest absolute Gasteiger partial charge is 0.131 e. The lowest BCUT2D eigenvalue weighted by atomic mass is 9.98. The molecule has 1 atom stereocenters. The SMILES string of the molecule is CCCC(O)c1ccc(F)c2ccccc12. The van der Waals surface area contributed by atoms with E-state index in [-0.39, 0.29) is 5.82 Å². The lowest BCUT2D eigenvalue weighted by molar-refractivity contribution is 0.168. The van der Waals surface area contributed by atoms with Crippen LogP contribution in [0.4, 0.5) is 4.39 Å². The van der Waals surface area contributed by atoms with E-state index in [2.05, 4.69) is 0 Å². The van der Waals surface area contributed by atoms with Gasteiger partial charge in [0, 0.05) is 5.39 Å². The van der Waals surface area contributed by atoms with Crippen molar-refractivity contribution in [1.82, 2.24) is 0 Å². The summed E-state index contributed by atoms with van der Waals surface area (Å²) >= 11 is 0. The minimum Gasteiger partial charge on any atom is -0.388 e. The first-order valence-electron chi connectivity index (χ1n) is 5.59. The molecule has 0 aliphatic carbocycles. The van der Waals surface area contributed by atoms with Gasteiger partial charge in [-0.2, -0.15) is 0 Å². The van der Waals surface area contributed by atoms with Crippen molar-refractivity contribution in [2.45, 2.75) is 25.9 Å². The quantitative estimate of drug-likeness (QED) is 0.830. The molecule has 0 aromatic heterocycles. The van der Waals surface area contributed by atoms with E-state index in [4.69, 9.17) is 0 Å². The summed E-state index contributed by atoms with van der Waals surface area (Å²) in [5.41, 5.74) is 0.818. The van der Waals surface area contributed by atoms with E-state index in [9.17, 15) is 9.50 Å². The number of benzene rings is 2. The summed E-state index contributed by atoms with van der Waals surface area (Å²) < 4.78 is 13.5. The summed E-state index contributed by atoms with van der Waals surface area (Å²) in [5, 5.41) is 11.4. The van der Waals surface area contributed by atoms with Crippen LogP contribution in [0.2, 0.25) is 0 Å². The molecule has 1 N–H and O–H groups in total. The van der Waals surface area contributed by atoms with Crippen molar-refractivity contribution >= 4 is 10.8 Å². The first-order valence-corrected chi connectivity index (χ1v) is 5.59. The highest BCUT2D eigenvalue weighted by Crippen LogP contribution is 2.28. The fourth-order valence-corrected chi connectivity index (χ4v) is 2.01. The highest BCUT2D eigenvalue weighted by atomic mass is 19.1. The molecule has 0 aliphatic rings. The number of halogens is 1. The Morgan fingerprint density at radius 2 is 1.81 bits per heavy atom. The van der Waals surface area contributed by atoms with Crippen molar-refractivity contribution in [3.05, 3.63) is 47.8 Å². The van der Waals surface area contributed by atoms with Crippen LogP contribution in [-0.2, 0) is 0 Å². The molecule has 0 spiro atoms. The van der Waals surface area contributed by atoms with Crippen LogP contribution in [-0.4, -0.2) is 5.11 Å². The van der Waals surface area contributed by atoms with Gasteiger partial charge in [-0.15, -0.1) is 0 Å². The topological polar surface area (TPSA) is 20.2 Å². The molecule has 0 saturated heterocycles. The van der Waals surface area contributed by atoms with E-state index in [1.54, 1.807) is 18.2 Å². The largest absolute Gasteiger partial charge is 0.388 e. The summed E-state index contributed by atoms with van der Waals surface area (Å²) in [5.74, 6) is -0.233.